The predicted octanol–water partition coefficient (Wildman–Crippen LogP) is 3.67. The highest BCUT2D eigenvalue weighted by Gasteiger charge is 2.34. The lowest BCUT2D eigenvalue weighted by molar-refractivity contribution is -0.140. The maximum absolute atomic E-state index is 11.7. The van der Waals surface area contributed by atoms with Gasteiger partial charge in [0, 0.05) is 5.56 Å². The van der Waals surface area contributed by atoms with E-state index in [-0.39, 0.29) is 5.92 Å². The number of carboxylic acids is 1. The molecule has 0 saturated heterocycles. The molecular formula is C16H22O3. The summed E-state index contributed by atoms with van der Waals surface area (Å²) in [5.41, 5.74) is 3.10. The maximum atomic E-state index is 11.7. The first-order valence-corrected chi connectivity index (χ1v) is 6.92. The zero-order valence-electron chi connectivity index (χ0n) is 11.9. The van der Waals surface area contributed by atoms with Crippen molar-refractivity contribution in [3.05, 3.63) is 28.8 Å². The van der Waals surface area contributed by atoms with Gasteiger partial charge in [0.25, 0.3) is 0 Å². The number of methoxy groups -OCH3 is 1. The molecule has 0 heterocycles. The van der Waals surface area contributed by atoms with Crippen molar-refractivity contribution in [1.82, 2.24) is 0 Å². The van der Waals surface area contributed by atoms with Crippen molar-refractivity contribution in [3.63, 3.8) is 0 Å². The minimum absolute atomic E-state index is 0.244. The third kappa shape index (κ3) is 2.75. The molecular weight excluding hydrogens is 240 g/mol. The van der Waals surface area contributed by atoms with E-state index in [1.807, 2.05) is 26.0 Å². The van der Waals surface area contributed by atoms with Crippen LogP contribution in [0.3, 0.4) is 0 Å². The first-order valence-electron chi connectivity index (χ1n) is 6.92. The minimum Gasteiger partial charge on any atom is -0.496 e. The van der Waals surface area contributed by atoms with Gasteiger partial charge in [0.2, 0.25) is 0 Å². The van der Waals surface area contributed by atoms with Gasteiger partial charge in [-0.05, 0) is 49.8 Å². The molecule has 1 aliphatic carbocycles. The van der Waals surface area contributed by atoms with Gasteiger partial charge in [0.15, 0.2) is 0 Å². The third-order valence-corrected chi connectivity index (χ3v) is 4.32. The number of hydrogen-bond donors (Lipinski definition) is 1. The molecule has 1 aromatic rings. The average Bonchev–Trinajstić information content (AvgIpc) is 2.86. The molecule has 1 aromatic carbocycles. The van der Waals surface area contributed by atoms with E-state index in [1.165, 1.54) is 0 Å². The summed E-state index contributed by atoms with van der Waals surface area (Å²) in [6.07, 6.45) is 4.29. The van der Waals surface area contributed by atoms with Gasteiger partial charge in [-0.1, -0.05) is 18.9 Å². The van der Waals surface area contributed by atoms with Gasteiger partial charge in [0.05, 0.1) is 13.0 Å². The first kappa shape index (κ1) is 13.9. The molecule has 1 unspecified atom stereocenters. The van der Waals surface area contributed by atoms with E-state index in [9.17, 15) is 9.90 Å². The van der Waals surface area contributed by atoms with E-state index >= 15 is 0 Å². The number of hydrogen-bond acceptors (Lipinski definition) is 2. The largest absolute Gasteiger partial charge is 0.496 e. The Balaban J connectivity index is 2.46. The van der Waals surface area contributed by atoms with E-state index < -0.39 is 11.9 Å². The molecule has 0 bridgehead atoms. The molecule has 1 saturated carbocycles. The Bertz CT molecular complexity index is 473. The number of carboxylic acid groups (broad SMARTS) is 1. The fourth-order valence-electron chi connectivity index (χ4n) is 3.11. The van der Waals surface area contributed by atoms with Gasteiger partial charge < -0.3 is 9.84 Å². The van der Waals surface area contributed by atoms with Crippen molar-refractivity contribution in [3.8, 4) is 5.75 Å². The Labute approximate surface area is 114 Å². The van der Waals surface area contributed by atoms with Crippen molar-refractivity contribution in [2.75, 3.05) is 7.11 Å². The SMILES string of the molecule is COc1cc(C)c(C)cc1C(C(=O)O)C1CCCC1. The van der Waals surface area contributed by atoms with Crippen LogP contribution in [-0.2, 0) is 4.79 Å². The van der Waals surface area contributed by atoms with Crippen LogP contribution in [0, 0.1) is 19.8 Å². The average molecular weight is 262 g/mol. The maximum Gasteiger partial charge on any atom is 0.311 e. The van der Waals surface area contributed by atoms with Crippen molar-refractivity contribution >= 4 is 5.97 Å². The van der Waals surface area contributed by atoms with Crippen LogP contribution >= 0.6 is 0 Å². The standard InChI is InChI=1S/C16H22O3/c1-10-8-13(14(19-3)9-11(10)2)15(16(17)18)12-6-4-5-7-12/h8-9,12,15H,4-7H2,1-3H3,(H,17,18). The number of benzene rings is 1. The van der Waals surface area contributed by atoms with Crippen LogP contribution in [0.4, 0.5) is 0 Å². The molecule has 3 nitrogen and oxygen atoms in total. The Morgan fingerprint density at radius 2 is 1.84 bits per heavy atom. The topological polar surface area (TPSA) is 46.5 Å². The third-order valence-electron chi connectivity index (χ3n) is 4.32. The van der Waals surface area contributed by atoms with Crippen molar-refractivity contribution in [2.24, 2.45) is 5.92 Å². The second-order valence-electron chi connectivity index (χ2n) is 5.54. The molecule has 0 spiro atoms. The molecule has 0 radical (unpaired) electrons. The molecule has 19 heavy (non-hydrogen) atoms. The molecule has 1 fully saturated rings. The van der Waals surface area contributed by atoms with E-state index in [2.05, 4.69) is 0 Å². The highest BCUT2D eigenvalue weighted by molar-refractivity contribution is 5.78. The van der Waals surface area contributed by atoms with Crippen LogP contribution in [0.1, 0.15) is 48.3 Å². The highest BCUT2D eigenvalue weighted by Crippen LogP contribution is 2.41. The molecule has 3 heteroatoms. The summed E-state index contributed by atoms with van der Waals surface area (Å²) in [5.74, 6) is -0.207. The molecule has 1 aliphatic rings. The lowest BCUT2D eigenvalue weighted by atomic mass is 9.83. The minimum atomic E-state index is -0.728. The Morgan fingerprint density at radius 1 is 1.26 bits per heavy atom. The first-order chi connectivity index (χ1) is 9.04. The summed E-state index contributed by atoms with van der Waals surface area (Å²) in [4.78, 5) is 11.7. The van der Waals surface area contributed by atoms with Gasteiger partial charge in [0.1, 0.15) is 5.75 Å². The fraction of sp³-hybridized carbons (Fsp3) is 0.562. The fourth-order valence-corrected chi connectivity index (χ4v) is 3.11. The van der Waals surface area contributed by atoms with Gasteiger partial charge >= 0.3 is 5.97 Å². The van der Waals surface area contributed by atoms with Crippen LogP contribution in [0.15, 0.2) is 12.1 Å². The Kier molecular flexibility index (Phi) is 4.13. The monoisotopic (exact) mass is 262 g/mol. The second-order valence-corrected chi connectivity index (χ2v) is 5.54. The Morgan fingerprint density at radius 3 is 2.37 bits per heavy atom. The molecule has 1 atom stereocenters. The van der Waals surface area contributed by atoms with E-state index in [1.54, 1.807) is 7.11 Å². The van der Waals surface area contributed by atoms with Gasteiger partial charge in [-0.2, -0.15) is 0 Å². The molecule has 1 N–H and O–H groups in total. The molecule has 104 valence electrons. The molecule has 0 aliphatic heterocycles. The van der Waals surface area contributed by atoms with Crippen LogP contribution in [0.2, 0.25) is 0 Å². The summed E-state index contributed by atoms with van der Waals surface area (Å²) in [6.45, 7) is 4.04. The summed E-state index contributed by atoms with van der Waals surface area (Å²) in [6, 6.07) is 3.95. The van der Waals surface area contributed by atoms with Crippen molar-refractivity contribution in [1.29, 1.82) is 0 Å². The van der Waals surface area contributed by atoms with Crippen LogP contribution in [0.5, 0.6) is 5.75 Å². The zero-order chi connectivity index (χ0) is 14.0. The lowest BCUT2D eigenvalue weighted by Crippen LogP contribution is -2.20. The number of ether oxygens (including phenoxy) is 1. The Hall–Kier alpha value is -1.51. The number of aryl methyl sites for hydroxylation is 2. The smallest absolute Gasteiger partial charge is 0.311 e. The molecule has 0 amide bonds. The van der Waals surface area contributed by atoms with Gasteiger partial charge in [-0.25, -0.2) is 0 Å². The number of carbonyl (C=O) groups is 1. The number of aliphatic carboxylic acids is 1. The van der Waals surface area contributed by atoms with E-state index in [0.29, 0.717) is 5.75 Å². The van der Waals surface area contributed by atoms with Gasteiger partial charge in [-0.15, -0.1) is 0 Å². The quantitative estimate of drug-likeness (QED) is 0.900. The van der Waals surface area contributed by atoms with Crippen molar-refractivity contribution < 1.29 is 14.6 Å². The summed E-state index contributed by atoms with van der Waals surface area (Å²) in [7, 11) is 1.61. The summed E-state index contributed by atoms with van der Waals surface area (Å²) < 4.78 is 5.41. The zero-order valence-corrected chi connectivity index (χ0v) is 11.9. The van der Waals surface area contributed by atoms with Crippen molar-refractivity contribution in [2.45, 2.75) is 45.4 Å². The highest BCUT2D eigenvalue weighted by atomic mass is 16.5. The normalized spacial score (nSPS) is 17.4. The van der Waals surface area contributed by atoms with Crippen LogP contribution in [-0.4, -0.2) is 18.2 Å². The lowest BCUT2D eigenvalue weighted by Gasteiger charge is -2.23. The summed E-state index contributed by atoms with van der Waals surface area (Å²) >= 11 is 0. The predicted molar refractivity (Wildman–Crippen MR) is 74.8 cm³/mol. The molecule has 0 aromatic heterocycles. The van der Waals surface area contributed by atoms with Crippen LogP contribution < -0.4 is 4.74 Å². The van der Waals surface area contributed by atoms with E-state index in [0.717, 1.165) is 42.4 Å². The number of rotatable bonds is 4. The van der Waals surface area contributed by atoms with E-state index in [4.69, 9.17) is 4.74 Å². The van der Waals surface area contributed by atoms with Crippen LogP contribution in [0.25, 0.3) is 0 Å². The molecule has 2 rings (SSSR count). The summed E-state index contributed by atoms with van der Waals surface area (Å²) in [5, 5.41) is 9.61. The second kappa shape index (κ2) is 5.64. The van der Waals surface area contributed by atoms with Gasteiger partial charge in [-0.3, -0.25) is 4.79 Å².